The van der Waals surface area contributed by atoms with Crippen LogP contribution >= 0.6 is 11.5 Å². The summed E-state index contributed by atoms with van der Waals surface area (Å²) >= 11 is 1.18. The lowest BCUT2D eigenvalue weighted by molar-refractivity contribution is 0.0669. The molecule has 2 aliphatic heterocycles. The van der Waals surface area contributed by atoms with Gasteiger partial charge in [-0.25, -0.2) is 4.79 Å². The van der Waals surface area contributed by atoms with Gasteiger partial charge in [0, 0.05) is 32.2 Å². The van der Waals surface area contributed by atoms with E-state index in [4.69, 9.17) is 0 Å². The van der Waals surface area contributed by atoms with E-state index >= 15 is 0 Å². The van der Waals surface area contributed by atoms with Crippen LogP contribution in [0.5, 0.6) is 0 Å². The van der Waals surface area contributed by atoms with Crippen LogP contribution in [0, 0.1) is 0 Å². The summed E-state index contributed by atoms with van der Waals surface area (Å²) in [4.78, 5) is 28.6. The molecule has 7 nitrogen and oxygen atoms in total. The van der Waals surface area contributed by atoms with Crippen molar-refractivity contribution in [1.82, 2.24) is 24.7 Å². The van der Waals surface area contributed by atoms with Crippen LogP contribution in [0.25, 0.3) is 0 Å². The number of carbonyl (C=O) groups excluding carboxylic acids is 2. The van der Waals surface area contributed by atoms with Gasteiger partial charge in [-0.3, -0.25) is 4.79 Å². The Morgan fingerprint density at radius 1 is 1.38 bits per heavy atom. The summed E-state index contributed by atoms with van der Waals surface area (Å²) in [7, 11) is 0. The molecule has 114 valence electrons. The number of nitrogens with zero attached hydrogens (tertiary/aromatic N) is 4. The molecule has 0 bridgehead atoms. The van der Waals surface area contributed by atoms with Gasteiger partial charge >= 0.3 is 6.03 Å². The maximum Gasteiger partial charge on any atom is 0.317 e. The summed E-state index contributed by atoms with van der Waals surface area (Å²) in [6.45, 7) is 4.86. The second-order valence-electron chi connectivity index (χ2n) is 5.35. The number of rotatable bonds is 3. The number of aromatic nitrogens is 2. The van der Waals surface area contributed by atoms with Gasteiger partial charge in [0.2, 0.25) is 0 Å². The maximum atomic E-state index is 12.5. The Kier molecular flexibility index (Phi) is 4.05. The topological polar surface area (TPSA) is 78.4 Å². The van der Waals surface area contributed by atoms with E-state index in [1.165, 1.54) is 11.5 Å². The van der Waals surface area contributed by atoms with Crippen molar-refractivity contribution in [3.05, 3.63) is 10.6 Å². The molecule has 21 heavy (non-hydrogen) atoms. The second-order valence-corrected chi connectivity index (χ2v) is 6.11. The largest absolute Gasteiger partial charge is 0.338 e. The Bertz CT molecular complexity index is 538. The Hall–Kier alpha value is -1.70. The third kappa shape index (κ3) is 2.72. The molecule has 0 spiro atoms. The van der Waals surface area contributed by atoms with Crippen molar-refractivity contribution in [3.8, 4) is 0 Å². The molecule has 0 aromatic carbocycles. The van der Waals surface area contributed by atoms with Gasteiger partial charge in [0.1, 0.15) is 4.88 Å². The van der Waals surface area contributed by atoms with Gasteiger partial charge in [-0.15, -0.1) is 5.10 Å². The van der Waals surface area contributed by atoms with Gasteiger partial charge in [0.05, 0.1) is 5.69 Å². The van der Waals surface area contributed by atoms with Crippen molar-refractivity contribution in [2.75, 3.05) is 26.2 Å². The van der Waals surface area contributed by atoms with Crippen molar-refractivity contribution in [2.45, 2.75) is 32.2 Å². The van der Waals surface area contributed by atoms with Crippen LogP contribution in [0.3, 0.4) is 0 Å². The average Bonchev–Trinajstić information content (AvgIpc) is 3.15. The third-order valence-electron chi connectivity index (χ3n) is 4.17. The minimum atomic E-state index is 0.0275. The molecule has 0 unspecified atom stereocenters. The fourth-order valence-corrected chi connectivity index (χ4v) is 3.68. The Morgan fingerprint density at radius 2 is 2.14 bits per heavy atom. The first-order valence-electron chi connectivity index (χ1n) is 7.35. The monoisotopic (exact) mass is 309 g/mol. The minimum absolute atomic E-state index is 0.0275. The van der Waals surface area contributed by atoms with Gasteiger partial charge < -0.3 is 15.1 Å². The average molecular weight is 309 g/mol. The standard InChI is InChI=1S/C13H19N5O2S/c1-2-10-11(21-16-15-10)12(19)17-6-3-9(4-7-17)18-8-5-14-13(18)20/h9H,2-8H2,1H3,(H,14,20). The zero-order valence-corrected chi connectivity index (χ0v) is 12.9. The lowest BCUT2D eigenvalue weighted by Crippen LogP contribution is -2.47. The number of hydrogen-bond acceptors (Lipinski definition) is 5. The minimum Gasteiger partial charge on any atom is -0.338 e. The number of aryl methyl sites for hydroxylation is 1. The van der Waals surface area contributed by atoms with E-state index in [-0.39, 0.29) is 18.0 Å². The van der Waals surface area contributed by atoms with Gasteiger partial charge in [0.25, 0.3) is 5.91 Å². The van der Waals surface area contributed by atoms with Crippen LogP contribution in [0.2, 0.25) is 0 Å². The summed E-state index contributed by atoms with van der Waals surface area (Å²) in [5.74, 6) is 0.0335. The first-order valence-corrected chi connectivity index (χ1v) is 8.13. The number of carbonyl (C=O) groups is 2. The number of amides is 3. The lowest BCUT2D eigenvalue weighted by Gasteiger charge is -2.35. The quantitative estimate of drug-likeness (QED) is 0.893. The van der Waals surface area contributed by atoms with Crippen molar-refractivity contribution in [3.63, 3.8) is 0 Å². The summed E-state index contributed by atoms with van der Waals surface area (Å²) in [6.07, 6.45) is 2.40. The molecule has 0 saturated carbocycles. The Morgan fingerprint density at radius 3 is 2.76 bits per heavy atom. The highest BCUT2D eigenvalue weighted by molar-refractivity contribution is 7.08. The number of nitrogens with one attached hydrogen (secondary N) is 1. The summed E-state index contributed by atoms with van der Waals surface area (Å²) in [5.41, 5.74) is 0.783. The van der Waals surface area contributed by atoms with E-state index < -0.39 is 0 Å². The Balaban J connectivity index is 1.60. The van der Waals surface area contributed by atoms with Crippen LogP contribution in [-0.2, 0) is 6.42 Å². The number of piperidine rings is 1. The smallest absolute Gasteiger partial charge is 0.317 e. The molecule has 3 amide bonds. The molecular formula is C13H19N5O2S. The molecule has 2 fully saturated rings. The van der Waals surface area contributed by atoms with Gasteiger partial charge in [0.15, 0.2) is 0 Å². The third-order valence-corrected chi connectivity index (χ3v) is 4.92. The molecular weight excluding hydrogens is 290 g/mol. The number of hydrogen-bond donors (Lipinski definition) is 1. The normalized spacial score (nSPS) is 20.0. The first-order chi connectivity index (χ1) is 10.2. The predicted octanol–water partition coefficient (Wildman–Crippen LogP) is 0.730. The molecule has 3 rings (SSSR count). The molecule has 8 heteroatoms. The summed E-state index contributed by atoms with van der Waals surface area (Å²) < 4.78 is 3.88. The zero-order chi connectivity index (χ0) is 14.8. The second kappa shape index (κ2) is 5.97. The molecule has 3 heterocycles. The highest BCUT2D eigenvalue weighted by Gasteiger charge is 2.32. The molecule has 2 aliphatic rings. The molecule has 1 aromatic rings. The number of likely N-dealkylation sites (tertiary alicyclic amines) is 1. The van der Waals surface area contributed by atoms with Crippen LogP contribution in [0.1, 0.15) is 35.1 Å². The highest BCUT2D eigenvalue weighted by Crippen LogP contribution is 2.21. The van der Waals surface area contributed by atoms with E-state index in [1.807, 2.05) is 16.7 Å². The molecule has 0 aliphatic carbocycles. The molecule has 0 radical (unpaired) electrons. The van der Waals surface area contributed by atoms with E-state index in [0.717, 1.165) is 38.0 Å². The molecule has 2 saturated heterocycles. The molecule has 1 N–H and O–H groups in total. The van der Waals surface area contributed by atoms with Crippen LogP contribution in [0.15, 0.2) is 0 Å². The van der Waals surface area contributed by atoms with E-state index in [9.17, 15) is 9.59 Å². The van der Waals surface area contributed by atoms with Crippen LogP contribution < -0.4 is 5.32 Å². The first kappa shape index (κ1) is 14.2. The molecule has 1 aromatic heterocycles. The summed E-state index contributed by atoms with van der Waals surface area (Å²) in [6, 6.07) is 0.279. The van der Waals surface area contributed by atoms with E-state index in [2.05, 4.69) is 14.9 Å². The van der Waals surface area contributed by atoms with Crippen molar-refractivity contribution < 1.29 is 9.59 Å². The van der Waals surface area contributed by atoms with E-state index in [1.54, 1.807) is 0 Å². The van der Waals surface area contributed by atoms with Gasteiger partial charge in [-0.05, 0) is 30.8 Å². The van der Waals surface area contributed by atoms with Crippen LogP contribution in [0.4, 0.5) is 4.79 Å². The lowest BCUT2D eigenvalue weighted by atomic mass is 10.0. The zero-order valence-electron chi connectivity index (χ0n) is 12.0. The Labute approximate surface area is 127 Å². The number of urea groups is 1. The van der Waals surface area contributed by atoms with Crippen molar-refractivity contribution in [2.24, 2.45) is 0 Å². The fraction of sp³-hybridized carbons (Fsp3) is 0.692. The molecule has 0 atom stereocenters. The maximum absolute atomic E-state index is 12.5. The fourth-order valence-electron chi connectivity index (χ4n) is 2.96. The highest BCUT2D eigenvalue weighted by atomic mass is 32.1. The van der Waals surface area contributed by atoms with Crippen molar-refractivity contribution >= 4 is 23.5 Å². The van der Waals surface area contributed by atoms with E-state index in [0.29, 0.717) is 18.0 Å². The summed E-state index contributed by atoms with van der Waals surface area (Å²) in [5, 5.41) is 6.83. The van der Waals surface area contributed by atoms with Crippen molar-refractivity contribution in [1.29, 1.82) is 0 Å². The van der Waals surface area contributed by atoms with Gasteiger partial charge in [-0.1, -0.05) is 11.4 Å². The SMILES string of the molecule is CCc1nnsc1C(=O)N1CCC(N2CCNC2=O)CC1. The predicted molar refractivity (Wildman–Crippen MR) is 78.3 cm³/mol. The van der Waals surface area contributed by atoms with Crippen LogP contribution in [-0.4, -0.2) is 63.5 Å². The van der Waals surface area contributed by atoms with Gasteiger partial charge in [-0.2, -0.15) is 0 Å².